The zero-order chi connectivity index (χ0) is 106. The maximum atomic E-state index is 11.3. The molecule has 0 aliphatic carbocycles. The Morgan fingerprint density at radius 2 is 0.304 bits per heavy atom. The van der Waals surface area contributed by atoms with Crippen LogP contribution in [0.25, 0.3) is 50.8 Å². The SMILES string of the molecule is CCCCC1=C(c2cccc(CCCC)c2)[N+](=[N-])C(c2cccc(CCCC)c2)=C1.CCCCC1=C(c2cccc(CCCC)c2)[N+](=[N-])C(c2cccc(CCCC)c2)=C1.CCCCC1=C(c2cccc(CCCC)c2)[N+](=[N-])C(c2cccc(CCCC)c2)=C1.[CH2-]CCCCCC.[CH2-]CCCCCC.[CH2-]CCCCCCCCCCCCCCCCCCCC.[CH2-]CCCCCCCCCCCCCCCCCCCC.[Ni+2].[Ni+2]. The van der Waals surface area contributed by atoms with Crippen molar-refractivity contribution in [3.05, 3.63) is 292 Å². The Morgan fingerprint density at radius 1 is 0.169 bits per heavy atom. The van der Waals surface area contributed by atoms with Gasteiger partial charge in [-0.3, -0.25) is 0 Å². The average molecular weight is 2110 g/mol. The third-order valence-corrected chi connectivity index (χ3v) is 29.2. The summed E-state index contributed by atoms with van der Waals surface area (Å²) in [7, 11) is 0. The van der Waals surface area contributed by atoms with E-state index in [-0.39, 0.29) is 33.0 Å². The normalized spacial score (nSPS) is 12.5. The summed E-state index contributed by atoms with van der Waals surface area (Å²) >= 11 is 0. The first-order chi connectivity index (χ1) is 71.7. The van der Waals surface area contributed by atoms with Crippen molar-refractivity contribution >= 4 is 34.2 Å². The zero-order valence-electron chi connectivity index (χ0n) is 98.3. The van der Waals surface area contributed by atoms with Gasteiger partial charge in [-0.2, -0.15) is 25.7 Å². The van der Waals surface area contributed by atoms with Crippen molar-refractivity contribution in [3.63, 3.8) is 0 Å². The van der Waals surface area contributed by atoms with Gasteiger partial charge in [-0.25, -0.2) is 14.1 Å². The van der Waals surface area contributed by atoms with Crippen molar-refractivity contribution in [1.82, 2.24) is 0 Å². The van der Waals surface area contributed by atoms with E-state index in [9.17, 15) is 16.6 Å². The molecule has 6 nitrogen and oxygen atoms in total. The second-order valence-corrected chi connectivity index (χ2v) is 42.8. The number of allylic oxidation sites excluding steroid dienone is 6. The fourth-order valence-corrected chi connectivity index (χ4v) is 19.8. The standard InChI is InChI=1S/3C28H36N2.2C21H43.2C7H15.2Ni/c3*1-4-7-12-22-14-10-17-24(19-22)27-21-26(16-9-6-3)28(30(27)29)25-18-11-15-23(20-25)13-8-5-2;2*1-3-5-7-9-11-13-15-17-19-21-20-18-16-14-12-10-8-6-4-2;2*1-3-5-7-6-4-2;;/h3*10-11,14-15,17-21H,4-9,12-13,16H2,1-3H3;2*1,3-21H2,2H3;2*1,3-7H2,2H3;;/q;;;4*-1;2*+2. The van der Waals surface area contributed by atoms with Gasteiger partial charge >= 0.3 is 33.0 Å². The maximum absolute atomic E-state index is 11.3. The first-order valence-electron chi connectivity index (χ1n) is 62.2. The van der Waals surface area contributed by atoms with Gasteiger partial charge in [0.1, 0.15) is 0 Å². The molecule has 8 heteroatoms. The molecule has 0 spiro atoms. The van der Waals surface area contributed by atoms with E-state index in [4.69, 9.17) is 0 Å². The third-order valence-electron chi connectivity index (χ3n) is 29.2. The molecular formula is C140H224N6Ni2. The van der Waals surface area contributed by atoms with Crippen LogP contribution in [-0.4, -0.2) is 14.1 Å². The summed E-state index contributed by atoms with van der Waals surface area (Å²) in [6.45, 7) is 44.4. The molecule has 0 radical (unpaired) electrons. The Kier molecular flexibility index (Phi) is 91.9. The van der Waals surface area contributed by atoms with Crippen LogP contribution in [0, 0.1) is 27.7 Å². The van der Waals surface area contributed by atoms with E-state index in [0.717, 1.165) is 190 Å². The molecule has 0 fully saturated rings. The molecular weight excluding hydrogens is 1880 g/mol. The molecule has 0 N–H and O–H groups in total. The number of aryl methyl sites for hydroxylation is 6. The molecule has 9 rings (SSSR count). The van der Waals surface area contributed by atoms with Crippen LogP contribution in [0.3, 0.4) is 0 Å². The minimum atomic E-state index is 0. The molecule has 6 aromatic rings. The predicted molar refractivity (Wildman–Crippen MR) is 650 cm³/mol. The van der Waals surface area contributed by atoms with E-state index in [2.05, 4.69) is 282 Å². The molecule has 0 amide bonds. The summed E-state index contributed by atoms with van der Waals surface area (Å²) in [6, 6.07) is 52.1. The third kappa shape index (κ3) is 63.4. The number of unbranched alkanes of at least 4 members (excludes halogenated alkanes) is 53. The van der Waals surface area contributed by atoms with Crippen molar-refractivity contribution in [1.29, 1.82) is 0 Å². The van der Waals surface area contributed by atoms with Crippen LogP contribution in [-0.2, 0) is 71.5 Å². The fraction of sp³-hybridized carbons (Fsp3) is 0.629. The summed E-state index contributed by atoms with van der Waals surface area (Å²) in [4.78, 5) is 0. The van der Waals surface area contributed by atoms with Crippen molar-refractivity contribution in [2.24, 2.45) is 0 Å². The van der Waals surface area contributed by atoms with Crippen molar-refractivity contribution < 1.29 is 47.1 Å². The van der Waals surface area contributed by atoms with E-state index < -0.39 is 0 Å². The number of hydrogen-bond acceptors (Lipinski definition) is 0. The molecule has 834 valence electrons. The number of rotatable bonds is 77. The van der Waals surface area contributed by atoms with Crippen molar-refractivity contribution in [2.75, 3.05) is 0 Å². The van der Waals surface area contributed by atoms with Crippen LogP contribution in [0.1, 0.15) is 600 Å². The predicted octanol–water partition coefficient (Wildman–Crippen LogP) is 47.2. The molecule has 0 bridgehead atoms. The molecule has 0 atom stereocenters. The Hall–Kier alpha value is -6.45. The van der Waals surface area contributed by atoms with E-state index in [0.29, 0.717) is 0 Å². The Bertz CT molecular complexity index is 4000. The second-order valence-electron chi connectivity index (χ2n) is 42.8. The summed E-state index contributed by atoms with van der Waals surface area (Å²) in [5.74, 6) is 0. The summed E-state index contributed by atoms with van der Waals surface area (Å²) in [5.41, 5.74) is 57.8. The van der Waals surface area contributed by atoms with Crippen LogP contribution < -0.4 is 0 Å². The zero-order valence-corrected chi connectivity index (χ0v) is 100. The summed E-state index contributed by atoms with van der Waals surface area (Å²) in [6.07, 6.45) is 105. The molecule has 3 aliphatic heterocycles. The van der Waals surface area contributed by atoms with Gasteiger partial charge in [-0.1, -0.05) is 503 Å². The smallest absolute Gasteiger partial charge is 0.493 e. The van der Waals surface area contributed by atoms with Crippen LogP contribution in [0.2, 0.25) is 0 Å². The molecule has 3 aliphatic rings. The van der Waals surface area contributed by atoms with Crippen LogP contribution >= 0.6 is 0 Å². The number of hydrogen-bond donors (Lipinski definition) is 0. The van der Waals surface area contributed by atoms with Gasteiger partial charge in [0.15, 0.2) is 0 Å². The summed E-state index contributed by atoms with van der Waals surface area (Å²) in [5, 5.41) is 0. The van der Waals surface area contributed by atoms with Crippen molar-refractivity contribution in [3.8, 4) is 0 Å². The molecule has 3 heterocycles. The molecule has 0 aromatic heterocycles. The maximum Gasteiger partial charge on any atom is 2.00 e. The molecule has 0 saturated heterocycles. The number of benzene rings is 6. The van der Waals surface area contributed by atoms with E-state index >= 15 is 0 Å². The molecule has 6 aromatic carbocycles. The van der Waals surface area contributed by atoms with Gasteiger partial charge in [0, 0.05) is 68.3 Å². The van der Waals surface area contributed by atoms with E-state index in [1.54, 1.807) is 0 Å². The van der Waals surface area contributed by atoms with Gasteiger partial charge in [0.25, 0.3) is 0 Å². The Morgan fingerprint density at radius 3 is 0.466 bits per heavy atom. The second kappa shape index (κ2) is 97.5. The minimum Gasteiger partial charge on any atom is -0.493 e. The van der Waals surface area contributed by atoms with Gasteiger partial charge in [0.2, 0.25) is 34.2 Å². The first kappa shape index (κ1) is 140. The van der Waals surface area contributed by atoms with Crippen LogP contribution in [0.4, 0.5) is 0 Å². The topological polar surface area (TPSA) is 75.9 Å². The average Bonchev–Trinajstić information content (AvgIpc) is 1.64. The Labute approximate surface area is 937 Å². The van der Waals surface area contributed by atoms with Gasteiger partial charge in [0.05, 0.1) is 0 Å². The molecule has 0 unspecified atom stereocenters. The minimum absolute atomic E-state index is 0. The van der Waals surface area contributed by atoms with E-state index in [1.807, 2.05) is 0 Å². The molecule has 0 saturated carbocycles. The summed E-state index contributed by atoms with van der Waals surface area (Å²) < 4.78 is 4.30. The molecule has 148 heavy (non-hydrogen) atoms. The van der Waals surface area contributed by atoms with Crippen LogP contribution in [0.5, 0.6) is 0 Å². The first-order valence-corrected chi connectivity index (χ1v) is 62.2. The van der Waals surface area contributed by atoms with E-state index in [1.165, 1.54) is 424 Å². The van der Waals surface area contributed by atoms with Crippen molar-refractivity contribution in [2.45, 2.75) is 572 Å². The van der Waals surface area contributed by atoms with Gasteiger partial charge in [-0.05, 0) is 222 Å². The van der Waals surface area contributed by atoms with Gasteiger partial charge < -0.3 is 44.3 Å². The largest absolute Gasteiger partial charge is 2.00 e. The fourth-order valence-electron chi connectivity index (χ4n) is 19.8. The monoisotopic (exact) mass is 2110 g/mol. The number of nitrogens with zero attached hydrogens (tertiary/aromatic N) is 6. The van der Waals surface area contributed by atoms with Gasteiger partial charge in [-0.15, -0.1) is 0 Å². The quantitative estimate of drug-likeness (QED) is 0.0158. The van der Waals surface area contributed by atoms with Crippen LogP contribution in [0.15, 0.2) is 181 Å². The Balaban J connectivity index is 0.000000898.